The third-order valence-electron chi connectivity index (χ3n) is 6.68. The fourth-order valence-corrected chi connectivity index (χ4v) is 4.89. The molecule has 2 N–H and O–H groups in total. The maximum atomic E-state index is 5.76. The largest absolute Gasteiger partial charge is 0.497 e. The van der Waals surface area contributed by atoms with E-state index < -0.39 is 0 Å². The second kappa shape index (κ2) is 11.4. The molecular weight excluding hydrogens is 402 g/mol. The van der Waals surface area contributed by atoms with Crippen molar-refractivity contribution in [1.29, 1.82) is 0 Å². The minimum absolute atomic E-state index is 0.224. The van der Waals surface area contributed by atoms with Crippen LogP contribution in [0.5, 0.6) is 5.75 Å². The predicted octanol–water partition coefficient (Wildman–Crippen LogP) is 3.43. The molecular formula is C25H37N5O2. The van der Waals surface area contributed by atoms with Crippen LogP contribution in [0.3, 0.4) is 0 Å². The van der Waals surface area contributed by atoms with E-state index in [1.54, 1.807) is 13.4 Å². The normalized spacial score (nSPS) is 19.8. The number of nitrogens with zero attached hydrogens (tertiary/aromatic N) is 3. The fraction of sp³-hybridized carbons (Fsp3) is 0.560. The minimum Gasteiger partial charge on any atom is -0.497 e. The van der Waals surface area contributed by atoms with E-state index in [4.69, 9.17) is 9.15 Å². The van der Waals surface area contributed by atoms with E-state index in [2.05, 4.69) is 55.8 Å². The molecule has 2 aliphatic heterocycles. The van der Waals surface area contributed by atoms with Gasteiger partial charge in [-0.1, -0.05) is 12.1 Å². The zero-order valence-electron chi connectivity index (χ0n) is 19.4. The molecule has 4 rings (SSSR count). The Morgan fingerprint density at radius 2 is 1.53 bits per heavy atom. The lowest BCUT2D eigenvalue weighted by molar-refractivity contribution is 0.215. The molecule has 2 aromatic rings. The van der Waals surface area contributed by atoms with E-state index in [9.17, 15) is 0 Å². The van der Waals surface area contributed by atoms with Crippen LogP contribution in [0.1, 0.15) is 49.1 Å². The summed E-state index contributed by atoms with van der Waals surface area (Å²) in [6.45, 7) is 6.09. The average molecular weight is 440 g/mol. The number of guanidine groups is 1. The molecule has 2 atom stereocenters. The number of furan rings is 1. The first kappa shape index (κ1) is 22.7. The van der Waals surface area contributed by atoms with Crippen LogP contribution in [0, 0.1) is 0 Å². The highest BCUT2D eigenvalue weighted by Crippen LogP contribution is 2.27. The van der Waals surface area contributed by atoms with Crippen LogP contribution in [0.25, 0.3) is 0 Å². The SMILES string of the molecule is CN=C(NCC(c1ccc(OC)cc1)N1CCCC1)NCC(c1ccco1)N1CCCC1. The number of ether oxygens (including phenoxy) is 1. The quantitative estimate of drug-likeness (QED) is 0.461. The van der Waals surface area contributed by atoms with Gasteiger partial charge in [0.05, 0.1) is 25.5 Å². The van der Waals surface area contributed by atoms with E-state index in [-0.39, 0.29) is 6.04 Å². The minimum atomic E-state index is 0.224. The first-order valence-electron chi connectivity index (χ1n) is 11.9. The van der Waals surface area contributed by atoms with Crippen molar-refractivity contribution in [3.05, 3.63) is 54.0 Å². The maximum Gasteiger partial charge on any atom is 0.191 e. The van der Waals surface area contributed by atoms with Gasteiger partial charge >= 0.3 is 0 Å². The van der Waals surface area contributed by atoms with Crippen molar-refractivity contribution in [1.82, 2.24) is 20.4 Å². The molecule has 0 spiro atoms. The lowest BCUT2D eigenvalue weighted by atomic mass is 10.1. The number of nitrogens with one attached hydrogen (secondary N) is 2. The van der Waals surface area contributed by atoms with Crippen LogP contribution < -0.4 is 15.4 Å². The molecule has 1 aromatic carbocycles. The van der Waals surface area contributed by atoms with Crippen LogP contribution in [-0.2, 0) is 0 Å². The maximum absolute atomic E-state index is 5.76. The molecule has 1 aromatic heterocycles. The third kappa shape index (κ3) is 5.64. The Morgan fingerprint density at radius 1 is 0.938 bits per heavy atom. The highest BCUT2D eigenvalue weighted by molar-refractivity contribution is 5.79. The van der Waals surface area contributed by atoms with Gasteiger partial charge in [0.2, 0.25) is 0 Å². The average Bonchev–Trinajstić information content (AvgIpc) is 3.62. The lowest BCUT2D eigenvalue weighted by Crippen LogP contribution is -2.45. The number of benzene rings is 1. The van der Waals surface area contributed by atoms with E-state index in [0.717, 1.165) is 56.7 Å². The third-order valence-corrected chi connectivity index (χ3v) is 6.68. The van der Waals surface area contributed by atoms with Gasteiger partial charge in [-0.2, -0.15) is 0 Å². The Kier molecular flexibility index (Phi) is 8.07. The number of methoxy groups -OCH3 is 1. The summed E-state index contributed by atoms with van der Waals surface area (Å²) in [6.07, 6.45) is 6.80. The molecule has 0 bridgehead atoms. The molecule has 2 saturated heterocycles. The van der Waals surface area contributed by atoms with Crippen molar-refractivity contribution >= 4 is 5.96 Å². The van der Waals surface area contributed by atoms with Gasteiger partial charge in [-0.15, -0.1) is 0 Å². The zero-order valence-corrected chi connectivity index (χ0v) is 19.4. The molecule has 174 valence electrons. The molecule has 2 fully saturated rings. The van der Waals surface area contributed by atoms with Crippen molar-refractivity contribution in [2.75, 3.05) is 53.4 Å². The van der Waals surface area contributed by atoms with Crippen molar-refractivity contribution < 1.29 is 9.15 Å². The van der Waals surface area contributed by atoms with Crippen LogP contribution in [0.2, 0.25) is 0 Å². The molecule has 0 aliphatic carbocycles. The summed E-state index contributed by atoms with van der Waals surface area (Å²) in [5.41, 5.74) is 1.31. The van der Waals surface area contributed by atoms with Crippen LogP contribution in [0.4, 0.5) is 0 Å². The van der Waals surface area contributed by atoms with Gasteiger partial charge in [0.1, 0.15) is 11.5 Å². The standard InChI is InChI=1S/C25H37N5O2/c1-26-25(28-19-23(24-8-7-17-32-24)30-15-5-6-16-30)27-18-22(29-13-3-4-14-29)20-9-11-21(31-2)12-10-20/h7-12,17,22-23H,3-6,13-16,18-19H2,1-2H3,(H2,26,27,28). The highest BCUT2D eigenvalue weighted by atomic mass is 16.5. The Morgan fingerprint density at radius 3 is 2.06 bits per heavy atom. The van der Waals surface area contributed by atoms with Gasteiger partial charge in [-0.05, 0) is 81.7 Å². The van der Waals surface area contributed by atoms with Crippen LogP contribution in [0.15, 0.2) is 52.1 Å². The lowest BCUT2D eigenvalue weighted by Gasteiger charge is -2.30. The van der Waals surface area contributed by atoms with Crippen molar-refractivity contribution in [2.45, 2.75) is 37.8 Å². The molecule has 0 saturated carbocycles. The van der Waals surface area contributed by atoms with Crippen LogP contribution >= 0.6 is 0 Å². The molecule has 7 nitrogen and oxygen atoms in total. The number of hydrogen-bond donors (Lipinski definition) is 2. The molecule has 7 heteroatoms. The Balaban J connectivity index is 1.38. The molecule has 0 radical (unpaired) electrons. The number of hydrogen-bond acceptors (Lipinski definition) is 5. The van der Waals surface area contributed by atoms with Crippen LogP contribution in [-0.4, -0.2) is 69.2 Å². The van der Waals surface area contributed by atoms with Gasteiger partial charge in [0.15, 0.2) is 5.96 Å². The molecule has 2 unspecified atom stereocenters. The second-order valence-corrected chi connectivity index (χ2v) is 8.64. The summed E-state index contributed by atoms with van der Waals surface area (Å²) in [5, 5.41) is 7.13. The van der Waals surface area contributed by atoms with Crippen molar-refractivity contribution in [2.24, 2.45) is 4.99 Å². The van der Waals surface area contributed by atoms with E-state index >= 15 is 0 Å². The van der Waals surface area contributed by atoms with Gasteiger partial charge in [-0.25, -0.2) is 0 Å². The summed E-state index contributed by atoms with van der Waals surface area (Å²) in [7, 11) is 3.55. The Labute approximate surface area is 191 Å². The van der Waals surface area contributed by atoms with Crippen molar-refractivity contribution in [3.63, 3.8) is 0 Å². The zero-order chi connectivity index (χ0) is 22.2. The summed E-state index contributed by atoms with van der Waals surface area (Å²) in [4.78, 5) is 9.57. The monoisotopic (exact) mass is 439 g/mol. The summed E-state index contributed by atoms with van der Waals surface area (Å²) in [5.74, 6) is 2.74. The molecule has 0 amide bonds. The predicted molar refractivity (Wildman–Crippen MR) is 128 cm³/mol. The first-order valence-corrected chi connectivity index (χ1v) is 11.9. The van der Waals surface area contributed by atoms with E-state index in [0.29, 0.717) is 6.04 Å². The molecule has 32 heavy (non-hydrogen) atoms. The Hall–Kier alpha value is -2.51. The van der Waals surface area contributed by atoms with Crippen molar-refractivity contribution in [3.8, 4) is 5.75 Å². The molecule has 3 heterocycles. The van der Waals surface area contributed by atoms with Gasteiger partial charge in [0.25, 0.3) is 0 Å². The van der Waals surface area contributed by atoms with E-state index in [1.165, 1.54) is 31.2 Å². The smallest absolute Gasteiger partial charge is 0.191 e. The number of rotatable bonds is 9. The first-order chi connectivity index (χ1) is 15.8. The van der Waals surface area contributed by atoms with E-state index in [1.807, 2.05) is 13.1 Å². The van der Waals surface area contributed by atoms with Gasteiger partial charge < -0.3 is 19.8 Å². The van der Waals surface area contributed by atoms with Gasteiger partial charge in [-0.3, -0.25) is 14.8 Å². The summed E-state index contributed by atoms with van der Waals surface area (Å²) < 4.78 is 11.1. The molecule has 2 aliphatic rings. The summed E-state index contributed by atoms with van der Waals surface area (Å²) >= 11 is 0. The topological polar surface area (TPSA) is 65.3 Å². The number of aliphatic imine (C=N–C) groups is 1. The highest BCUT2D eigenvalue weighted by Gasteiger charge is 2.27. The fourth-order valence-electron chi connectivity index (χ4n) is 4.89. The Bertz CT molecular complexity index is 825. The second-order valence-electron chi connectivity index (χ2n) is 8.64. The van der Waals surface area contributed by atoms with Gasteiger partial charge in [0, 0.05) is 20.1 Å². The summed E-state index contributed by atoms with van der Waals surface area (Å²) in [6, 6.07) is 13.0. The number of likely N-dealkylation sites (tertiary alicyclic amines) is 2.